The fraction of sp³-hybridized carbons (Fsp3) is 0.250. The fourth-order valence-corrected chi connectivity index (χ4v) is 3.34. The molecule has 0 saturated carbocycles. The predicted molar refractivity (Wildman–Crippen MR) is 88.7 cm³/mol. The molecule has 2 aromatic rings. The first-order chi connectivity index (χ1) is 10.1. The molecule has 0 unspecified atom stereocenters. The summed E-state index contributed by atoms with van der Waals surface area (Å²) in [5, 5.41) is 0. The average Bonchev–Trinajstić information content (AvgIpc) is 2.48. The van der Waals surface area contributed by atoms with Crippen molar-refractivity contribution in [2.45, 2.75) is 24.2 Å². The maximum atomic E-state index is 12.1. The van der Waals surface area contributed by atoms with Crippen molar-refractivity contribution < 1.29 is 8.42 Å². The van der Waals surface area contributed by atoms with Crippen LogP contribution in [-0.2, 0) is 16.4 Å². The van der Waals surface area contributed by atoms with Gasteiger partial charge in [0.1, 0.15) is 0 Å². The van der Waals surface area contributed by atoms with Crippen LogP contribution in [0.15, 0.2) is 64.0 Å². The van der Waals surface area contributed by atoms with Gasteiger partial charge in [-0.3, -0.25) is 0 Å². The van der Waals surface area contributed by atoms with Gasteiger partial charge >= 0.3 is 0 Å². The number of unbranched alkanes of at least 4 members (excludes halogenated alkanes) is 1. The highest BCUT2D eigenvalue weighted by Crippen LogP contribution is 2.14. The summed E-state index contributed by atoms with van der Waals surface area (Å²) in [7, 11) is -3.39. The lowest BCUT2D eigenvalue weighted by Gasteiger charge is -2.07. The molecule has 0 saturated heterocycles. The molecule has 0 heterocycles. The molecule has 0 spiro atoms. The topological polar surface area (TPSA) is 46.2 Å². The largest absolute Gasteiger partial charge is 0.240 e. The van der Waals surface area contributed by atoms with Crippen LogP contribution in [-0.4, -0.2) is 15.0 Å². The molecule has 0 bridgehead atoms. The van der Waals surface area contributed by atoms with Crippen LogP contribution in [0.25, 0.3) is 0 Å². The first-order valence-corrected chi connectivity index (χ1v) is 9.15. The van der Waals surface area contributed by atoms with Gasteiger partial charge in [0.15, 0.2) is 0 Å². The molecular formula is C16H18BrNO2S. The summed E-state index contributed by atoms with van der Waals surface area (Å²) >= 11 is 3.29. The van der Waals surface area contributed by atoms with Gasteiger partial charge in [0.25, 0.3) is 0 Å². The van der Waals surface area contributed by atoms with Gasteiger partial charge in [-0.05, 0) is 49.1 Å². The van der Waals surface area contributed by atoms with Crippen molar-refractivity contribution in [1.82, 2.24) is 4.72 Å². The highest BCUT2D eigenvalue weighted by molar-refractivity contribution is 9.10. The average molecular weight is 368 g/mol. The fourth-order valence-electron chi connectivity index (χ4n) is 2.00. The Morgan fingerprint density at radius 1 is 0.905 bits per heavy atom. The summed E-state index contributed by atoms with van der Waals surface area (Å²) in [6.07, 6.45) is 2.76. The number of aryl methyl sites for hydroxylation is 1. The summed E-state index contributed by atoms with van der Waals surface area (Å²) in [6.45, 7) is 0.464. The third-order valence-corrected chi connectivity index (χ3v) is 5.16. The standard InChI is InChI=1S/C16H18BrNO2S/c17-15-9-11-16(12-10-15)21(19,20)18-13-5-4-8-14-6-2-1-3-7-14/h1-3,6-7,9-12,18H,4-5,8,13H2. The third-order valence-electron chi connectivity index (χ3n) is 3.15. The Morgan fingerprint density at radius 3 is 2.24 bits per heavy atom. The molecule has 0 aliphatic rings. The second-order valence-corrected chi connectivity index (χ2v) is 7.48. The molecular weight excluding hydrogens is 350 g/mol. The zero-order chi connectivity index (χ0) is 15.1. The lowest BCUT2D eigenvalue weighted by Crippen LogP contribution is -2.24. The van der Waals surface area contributed by atoms with Gasteiger partial charge in [-0.1, -0.05) is 46.3 Å². The number of benzene rings is 2. The molecule has 21 heavy (non-hydrogen) atoms. The van der Waals surface area contributed by atoms with E-state index in [4.69, 9.17) is 0 Å². The monoisotopic (exact) mass is 367 g/mol. The SMILES string of the molecule is O=S(=O)(NCCCCc1ccccc1)c1ccc(Br)cc1. The van der Waals surface area contributed by atoms with Crippen LogP contribution in [0.1, 0.15) is 18.4 Å². The van der Waals surface area contributed by atoms with E-state index < -0.39 is 10.0 Å². The molecule has 5 heteroatoms. The Balaban J connectivity index is 1.76. The Kier molecular flexibility index (Phi) is 5.96. The Labute approximate surface area is 134 Å². The van der Waals surface area contributed by atoms with E-state index in [0.717, 1.165) is 23.7 Å². The molecule has 0 amide bonds. The van der Waals surface area contributed by atoms with Crippen LogP contribution in [0, 0.1) is 0 Å². The predicted octanol–water partition coefficient (Wildman–Crippen LogP) is 3.75. The molecule has 112 valence electrons. The van der Waals surface area contributed by atoms with Crippen molar-refractivity contribution in [3.63, 3.8) is 0 Å². The Bertz CT molecular complexity index is 654. The smallest absolute Gasteiger partial charge is 0.211 e. The van der Waals surface area contributed by atoms with Crippen LogP contribution < -0.4 is 4.72 Å². The van der Waals surface area contributed by atoms with Gasteiger partial charge < -0.3 is 0 Å². The molecule has 2 rings (SSSR count). The van der Waals surface area contributed by atoms with Crippen LogP contribution >= 0.6 is 15.9 Å². The second kappa shape index (κ2) is 7.73. The highest BCUT2D eigenvalue weighted by Gasteiger charge is 2.12. The first kappa shape index (κ1) is 16.2. The molecule has 0 fully saturated rings. The van der Waals surface area contributed by atoms with Gasteiger partial charge in [0.05, 0.1) is 4.90 Å². The maximum absolute atomic E-state index is 12.1. The van der Waals surface area contributed by atoms with Gasteiger partial charge in [0, 0.05) is 11.0 Å². The summed E-state index contributed by atoms with van der Waals surface area (Å²) in [5.41, 5.74) is 1.29. The number of rotatable bonds is 7. The van der Waals surface area contributed by atoms with E-state index in [2.05, 4.69) is 32.8 Å². The summed E-state index contributed by atoms with van der Waals surface area (Å²) < 4.78 is 27.6. The van der Waals surface area contributed by atoms with E-state index in [1.807, 2.05) is 18.2 Å². The number of hydrogen-bond acceptors (Lipinski definition) is 2. The quantitative estimate of drug-likeness (QED) is 0.757. The number of halogens is 1. The van der Waals surface area contributed by atoms with Crippen molar-refractivity contribution in [3.05, 3.63) is 64.6 Å². The van der Waals surface area contributed by atoms with Gasteiger partial charge in [-0.2, -0.15) is 0 Å². The number of nitrogens with one attached hydrogen (secondary N) is 1. The summed E-state index contributed by atoms with van der Waals surface area (Å²) in [4.78, 5) is 0.300. The van der Waals surface area contributed by atoms with E-state index in [1.165, 1.54) is 5.56 Å². The van der Waals surface area contributed by atoms with Gasteiger partial charge in [-0.25, -0.2) is 13.1 Å². The molecule has 0 aliphatic heterocycles. The van der Waals surface area contributed by atoms with Crippen molar-refractivity contribution in [2.75, 3.05) is 6.54 Å². The van der Waals surface area contributed by atoms with E-state index in [9.17, 15) is 8.42 Å². The molecule has 3 nitrogen and oxygen atoms in total. The van der Waals surface area contributed by atoms with Crippen molar-refractivity contribution in [2.24, 2.45) is 0 Å². The lowest BCUT2D eigenvalue weighted by molar-refractivity contribution is 0.576. The van der Waals surface area contributed by atoms with Crippen LogP contribution in [0.5, 0.6) is 0 Å². The normalized spacial score (nSPS) is 11.5. The molecule has 0 atom stereocenters. The highest BCUT2D eigenvalue weighted by atomic mass is 79.9. The van der Waals surface area contributed by atoms with Crippen molar-refractivity contribution in [1.29, 1.82) is 0 Å². The van der Waals surface area contributed by atoms with Crippen LogP contribution in [0.4, 0.5) is 0 Å². The van der Waals surface area contributed by atoms with Crippen LogP contribution in [0.2, 0.25) is 0 Å². The van der Waals surface area contributed by atoms with E-state index >= 15 is 0 Å². The minimum atomic E-state index is -3.39. The Morgan fingerprint density at radius 2 is 1.57 bits per heavy atom. The number of sulfonamides is 1. The van der Waals surface area contributed by atoms with E-state index in [0.29, 0.717) is 11.4 Å². The van der Waals surface area contributed by atoms with E-state index in [-0.39, 0.29) is 0 Å². The lowest BCUT2D eigenvalue weighted by atomic mass is 10.1. The molecule has 2 aromatic carbocycles. The number of hydrogen-bond donors (Lipinski definition) is 1. The molecule has 0 aromatic heterocycles. The minimum absolute atomic E-state index is 0.300. The molecule has 1 N–H and O–H groups in total. The molecule has 0 radical (unpaired) electrons. The first-order valence-electron chi connectivity index (χ1n) is 6.87. The Hall–Kier alpha value is -1.17. The zero-order valence-corrected chi connectivity index (χ0v) is 14.0. The minimum Gasteiger partial charge on any atom is -0.211 e. The third kappa shape index (κ3) is 5.26. The van der Waals surface area contributed by atoms with E-state index in [1.54, 1.807) is 24.3 Å². The summed E-state index contributed by atoms with van der Waals surface area (Å²) in [6, 6.07) is 16.9. The van der Waals surface area contributed by atoms with Crippen LogP contribution in [0.3, 0.4) is 0 Å². The van der Waals surface area contributed by atoms with Gasteiger partial charge in [-0.15, -0.1) is 0 Å². The maximum Gasteiger partial charge on any atom is 0.240 e. The molecule has 0 aliphatic carbocycles. The zero-order valence-electron chi connectivity index (χ0n) is 11.6. The summed E-state index contributed by atoms with van der Waals surface area (Å²) in [5.74, 6) is 0. The van der Waals surface area contributed by atoms with Crippen molar-refractivity contribution >= 4 is 26.0 Å². The van der Waals surface area contributed by atoms with Gasteiger partial charge in [0.2, 0.25) is 10.0 Å². The van der Waals surface area contributed by atoms with Crippen molar-refractivity contribution in [3.8, 4) is 0 Å². The second-order valence-electron chi connectivity index (χ2n) is 4.79.